The van der Waals surface area contributed by atoms with E-state index in [1.54, 1.807) is 11.3 Å². The second kappa shape index (κ2) is 5.02. The summed E-state index contributed by atoms with van der Waals surface area (Å²) in [4.78, 5) is 16.9. The molecule has 0 aromatic carbocycles. The van der Waals surface area contributed by atoms with Gasteiger partial charge in [-0.1, -0.05) is 0 Å². The third kappa shape index (κ3) is 2.19. The number of amides is 1. The molecule has 1 fully saturated rings. The summed E-state index contributed by atoms with van der Waals surface area (Å²) in [5, 5.41) is 3.29. The Kier molecular flexibility index (Phi) is 3.39. The minimum atomic E-state index is 0.245. The molecular formula is C14H20N2OS. The van der Waals surface area contributed by atoms with Crippen molar-refractivity contribution in [1.29, 1.82) is 0 Å². The van der Waals surface area contributed by atoms with Crippen molar-refractivity contribution in [3.8, 4) is 0 Å². The van der Waals surface area contributed by atoms with Crippen LogP contribution in [0.2, 0.25) is 0 Å². The zero-order chi connectivity index (χ0) is 12.5. The first-order valence-electron chi connectivity index (χ1n) is 6.86. The molecule has 0 radical (unpaired) electrons. The quantitative estimate of drug-likeness (QED) is 0.887. The van der Waals surface area contributed by atoms with Crippen LogP contribution in [0.1, 0.15) is 39.4 Å². The number of likely N-dealkylation sites (tertiary alicyclic amines) is 1. The number of thiophene rings is 1. The fraction of sp³-hybridized carbons (Fsp3) is 0.643. The molecule has 1 amide bonds. The molecule has 1 unspecified atom stereocenters. The largest absolute Gasteiger partial charge is 0.336 e. The Morgan fingerprint density at radius 2 is 2.33 bits per heavy atom. The number of nitrogens with zero attached hydrogens (tertiary/aromatic N) is 1. The van der Waals surface area contributed by atoms with Crippen molar-refractivity contribution in [1.82, 2.24) is 10.2 Å². The van der Waals surface area contributed by atoms with Crippen molar-refractivity contribution in [2.45, 2.75) is 38.1 Å². The highest BCUT2D eigenvalue weighted by Gasteiger charge is 2.26. The van der Waals surface area contributed by atoms with Gasteiger partial charge < -0.3 is 10.2 Å². The lowest BCUT2D eigenvalue weighted by atomic mass is 10.1. The van der Waals surface area contributed by atoms with Gasteiger partial charge in [-0.15, -0.1) is 11.3 Å². The maximum absolute atomic E-state index is 12.5. The molecule has 1 aliphatic carbocycles. The van der Waals surface area contributed by atoms with E-state index >= 15 is 0 Å². The summed E-state index contributed by atoms with van der Waals surface area (Å²) in [7, 11) is 1.98. The number of fused-ring (bicyclic) bond motifs is 1. The van der Waals surface area contributed by atoms with Crippen molar-refractivity contribution >= 4 is 17.2 Å². The van der Waals surface area contributed by atoms with Crippen molar-refractivity contribution in [3.63, 3.8) is 0 Å². The SMILES string of the molecule is CNC1CCCN(C(=O)c2cc3c(s2)CCC3)C1. The maximum Gasteiger partial charge on any atom is 0.263 e. The summed E-state index contributed by atoms with van der Waals surface area (Å²) in [6.45, 7) is 1.78. The maximum atomic E-state index is 12.5. The smallest absolute Gasteiger partial charge is 0.263 e. The van der Waals surface area contributed by atoms with Gasteiger partial charge in [0, 0.05) is 24.0 Å². The van der Waals surface area contributed by atoms with Crippen LogP contribution in [0.5, 0.6) is 0 Å². The molecule has 0 spiro atoms. The molecule has 3 rings (SSSR count). The number of nitrogens with one attached hydrogen (secondary N) is 1. The van der Waals surface area contributed by atoms with Gasteiger partial charge in [-0.25, -0.2) is 0 Å². The van der Waals surface area contributed by atoms with Crippen LogP contribution in [0.3, 0.4) is 0 Å². The first-order chi connectivity index (χ1) is 8.78. The zero-order valence-corrected chi connectivity index (χ0v) is 11.7. The lowest BCUT2D eigenvalue weighted by Gasteiger charge is -2.32. The van der Waals surface area contributed by atoms with E-state index < -0.39 is 0 Å². The second-order valence-corrected chi connectivity index (χ2v) is 6.43. The van der Waals surface area contributed by atoms with Gasteiger partial charge in [-0.05, 0) is 50.8 Å². The highest BCUT2D eigenvalue weighted by atomic mass is 32.1. The van der Waals surface area contributed by atoms with Crippen LogP contribution in [0.25, 0.3) is 0 Å². The van der Waals surface area contributed by atoms with Crippen LogP contribution in [-0.2, 0) is 12.8 Å². The van der Waals surface area contributed by atoms with Crippen molar-refractivity contribution < 1.29 is 4.79 Å². The number of aryl methyl sites for hydroxylation is 2. The Hall–Kier alpha value is -0.870. The highest BCUT2D eigenvalue weighted by molar-refractivity contribution is 7.14. The number of hydrogen-bond acceptors (Lipinski definition) is 3. The minimum Gasteiger partial charge on any atom is -0.336 e. The van der Waals surface area contributed by atoms with E-state index in [-0.39, 0.29) is 5.91 Å². The molecule has 1 aliphatic heterocycles. The standard InChI is InChI=1S/C14H20N2OS/c1-15-11-5-3-7-16(9-11)14(17)13-8-10-4-2-6-12(10)18-13/h8,11,15H,2-7,9H2,1H3. The van der Waals surface area contributed by atoms with Gasteiger partial charge >= 0.3 is 0 Å². The van der Waals surface area contributed by atoms with Gasteiger partial charge in [0.05, 0.1) is 4.88 Å². The minimum absolute atomic E-state index is 0.245. The molecule has 1 atom stereocenters. The lowest BCUT2D eigenvalue weighted by Crippen LogP contribution is -2.46. The highest BCUT2D eigenvalue weighted by Crippen LogP contribution is 2.31. The molecule has 1 aromatic rings. The van der Waals surface area contributed by atoms with Crippen molar-refractivity contribution in [2.24, 2.45) is 0 Å². The van der Waals surface area contributed by atoms with Gasteiger partial charge in [0.25, 0.3) is 5.91 Å². The lowest BCUT2D eigenvalue weighted by molar-refractivity contribution is 0.0703. The van der Waals surface area contributed by atoms with Gasteiger partial charge in [-0.2, -0.15) is 0 Å². The van der Waals surface area contributed by atoms with Crippen molar-refractivity contribution in [3.05, 3.63) is 21.4 Å². The van der Waals surface area contributed by atoms with Crippen molar-refractivity contribution in [2.75, 3.05) is 20.1 Å². The van der Waals surface area contributed by atoms with Crippen LogP contribution in [0.4, 0.5) is 0 Å². The van der Waals surface area contributed by atoms with E-state index in [0.717, 1.165) is 30.8 Å². The number of rotatable bonds is 2. The van der Waals surface area contributed by atoms with Crippen LogP contribution in [0, 0.1) is 0 Å². The summed E-state index contributed by atoms with van der Waals surface area (Å²) in [5.74, 6) is 0.245. The van der Waals surface area contributed by atoms with Gasteiger partial charge in [-0.3, -0.25) is 4.79 Å². The second-order valence-electron chi connectivity index (χ2n) is 5.29. The van der Waals surface area contributed by atoms with E-state index in [1.807, 2.05) is 11.9 Å². The number of piperidine rings is 1. The van der Waals surface area contributed by atoms with Crippen LogP contribution < -0.4 is 5.32 Å². The molecule has 0 bridgehead atoms. The van der Waals surface area contributed by atoms with E-state index in [2.05, 4.69) is 11.4 Å². The molecule has 98 valence electrons. The van der Waals surface area contributed by atoms with E-state index in [4.69, 9.17) is 0 Å². The number of carbonyl (C=O) groups is 1. The van der Waals surface area contributed by atoms with Crippen LogP contribution >= 0.6 is 11.3 Å². The normalized spacial score (nSPS) is 23.2. The zero-order valence-electron chi connectivity index (χ0n) is 10.9. The summed E-state index contributed by atoms with van der Waals surface area (Å²) >= 11 is 1.72. The average Bonchev–Trinajstić information content (AvgIpc) is 2.98. The van der Waals surface area contributed by atoms with Crippen LogP contribution in [-0.4, -0.2) is 37.0 Å². The molecule has 3 nitrogen and oxygen atoms in total. The molecule has 2 heterocycles. The summed E-state index contributed by atoms with van der Waals surface area (Å²) in [6, 6.07) is 2.60. The van der Waals surface area contributed by atoms with E-state index in [1.165, 1.54) is 29.7 Å². The number of hydrogen-bond donors (Lipinski definition) is 1. The fourth-order valence-electron chi connectivity index (χ4n) is 2.99. The Labute approximate surface area is 112 Å². The predicted octanol–water partition coefficient (Wildman–Crippen LogP) is 2.06. The monoisotopic (exact) mass is 264 g/mol. The molecule has 1 N–H and O–H groups in total. The molecule has 4 heteroatoms. The molecule has 0 saturated carbocycles. The molecule has 18 heavy (non-hydrogen) atoms. The third-order valence-corrected chi connectivity index (χ3v) is 5.30. The molecule has 1 aromatic heterocycles. The third-order valence-electron chi connectivity index (χ3n) is 4.07. The Bertz CT molecular complexity index is 433. The molecular weight excluding hydrogens is 244 g/mol. The first-order valence-corrected chi connectivity index (χ1v) is 7.67. The molecule has 2 aliphatic rings. The summed E-state index contributed by atoms with van der Waals surface area (Å²) < 4.78 is 0. The Morgan fingerprint density at radius 1 is 1.44 bits per heavy atom. The summed E-state index contributed by atoms with van der Waals surface area (Å²) in [6.07, 6.45) is 5.90. The Morgan fingerprint density at radius 3 is 3.11 bits per heavy atom. The predicted molar refractivity (Wildman–Crippen MR) is 74.3 cm³/mol. The topological polar surface area (TPSA) is 32.3 Å². The number of carbonyl (C=O) groups excluding carboxylic acids is 1. The van der Waals surface area contributed by atoms with Gasteiger partial charge in [0.2, 0.25) is 0 Å². The van der Waals surface area contributed by atoms with Crippen LogP contribution in [0.15, 0.2) is 6.07 Å². The van der Waals surface area contributed by atoms with Gasteiger partial charge in [0.15, 0.2) is 0 Å². The Balaban J connectivity index is 1.73. The van der Waals surface area contributed by atoms with E-state index in [0.29, 0.717) is 6.04 Å². The van der Waals surface area contributed by atoms with Gasteiger partial charge in [0.1, 0.15) is 0 Å². The molecule has 1 saturated heterocycles. The van der Waals surface area contributed by atoms with E-state index in [9.17, 15) is 4.79 Å². The first kappa shape index (κ1) is 12.2. The number of likely N-dealkylation sites (N-methyl/N-ethyl adjacent to an activating group) is 1. The fourth-order valence-corrected chi connectivity index (χ4v) is 4.21. The summed E-state index contributed by atoms with van der Waals surface area (Å²) in [5.41, 5.74) is 1.42. The average molecular weight is 264 g/mol.